The molecule has 1 saturated carbocycles. The van der Waals surface area contributed by atoms with E-state index in [2.05, 4.69) is 48.1 Å². The van der Waals surface area contributed by atoms with E-state index in [0.717, 1.165) is 47.6 Å². The molecule has 0 unspecified atom stereocenters. The molecule has 0 N–H and O–H groups in total. The minimum Gasteiger partial charge on any atom is -0.493 e. The Morgan fingerprint density at radius 3 is 2.12 bits per heavy atom. The van der Waals surface area contributed by atoms with E-state index in [0.29, 0.717) is 0 Å². The molecule has 176 valence electrons. The van der Waals surface area contributed by atoms with Gasteiger partial charge < -0.3 is 4.74 Å². The largest absolute Gasteiger partial charge is 0.493 e. The molecule has 3 heteroatoms. The molecule has 1 aromatic carbocycles. The molecule has 0 saturated heterocycles. The van der Waals surface area contributed by atoms with Gasteiger partial charge in [-0.1, -0.05) is 78.1 Å². The molecule has 3 rings (SSSR count). The van der Waals surface area contributed by atoms with Gasteiger partial charge in [0.25, 0.3) is 0 Å². The summed E-state index contributed by atoms with van der Waals surface area (Å²) in [5, 5.41) is 0. The maximum Gasteiger partial charge on any atom is 0.119 e. The van der Waals surface area contributed by atoms with Crippen LogP contribution in [0.1, 0.15) is 103 Å². The van der Waals surface area contributed by atoms with Crippen molar-refractivity contribution in [3.63, 3.8) is 0 Å². The molecule has 3 nitrogen and oxygen atoms in total. The minimum atomic E-state index is 0.720. The molecule has 0 radical (unpaired) electrons. The predicted molar refractivity (Wildman–Crippen MR) is 135 cm³/mol. The number of nitrogens with zero attached hydrogens (tertiary/aromatic N) is 2. The Hall–Kier alpha value is -1.90. The Balaban J connectivity index is 1.38. The number of rotatable bonds is 14. The summed E-state index contributed by atoms with van der Waals surface area (Å²) < 4.78 is 6.13. The topological polar surface area (TPSA) is 35.0 Å². The molecule has 2 aromatic rings. The first-order valence-electron chi connectivity index (χ1n) is 13.3. The molecule has 0 atom stereocenters. The second kappa shape index (κ2) is 14.3. The normalized spacial score (nSPS) is 18.6. The molecular weight excluding hydrogens is 392 g/mol. The molecule has 1 aliphatic rings. The van der Waals surface area contributed by atoms with Crippen molar-refractivity contribution >= 4 is 0 Å². The average molecular weight is 437 g/mol. The first kappa shape index (κ1) is 24.7. The fourth-order valence-electron chi connectivity index (χ4n) is 4.85. The lowest BCUT2D eigenvalue weighted by Gasteiger charge is -2.28. The summed E-state index contributed by atoms with van der Waals surface area (Å²) in [5.41, 5.74) is 3.14. The number of benzene rings is 1. The molecule has 0 spiro atoms. The van der Waals surface area contributed by atoms with Crippen LogP contribution in [0.2, 0.25) is 0 Å². The smallest absolute Gasteiger partial charge is 0.119 e. The van der Waals surface area contributed by atoms with Crippen LogP contribution in [0.5, 0.6) is 5.75 Å². The Morgan fingerprint density at radius 1 is 0.750 bits per heavy atom. The summed E-state index contributed by atoms with van der Waals surface area (Å²) in [6.45, 7) is 5.40. The van der Waals surface area contributed by atoms with Gasteiger partial charge in [0, 0.05) is 11.8 Å². The highest BCUT2D eigenvalue weighted by atomic mass is 16.5. The van der Waals surface area contributed by atoms with Crippen LogP contribution in [0.4, 0.5) is 0 Å². The molecule has 0 aliphatic heterocycles. The average Bonchev–Trinajstić information content (AvgIpc) is 2.84. The van der Waals surface area contributed by atoms with E-state index < -0.39 is 0 Å². The Labute approximate surface area is 196 Å². The summed E-state index contributed by atoms with van der Waals surface area (Å²) >= 11 is 0. The second-order valence-electron chi connectivity index (χ2n) is 9.78. The zero-order valence-corrected chi connectivity index (χ0v) is 20.5. The SMILES string of the molecule is CCCCCCCc1cnc(-c2ccc(OCC3CCC(CCCCC)CC3)cc2)cn1. The number of unbranched alkanes of at least 4 members (excludes halogenated alkanes) is 6. The van der Waals surface area contributed by atoms with Crippen molar-refractivity contribution in [2.24, 2.45) is 11.8 Å². The standard InChI is InChI=1S/C29H44N2O/c1-3-5-7-8-10-12-27-21-31-29(22-30-27)26-17-19-28(20-18-26)32-23-25-15-13-24(14-16-25)11-9-6-4-2/h17-22,24-25H,3-16,23H2,1-2H3. The van der Waals surface area contributed by atoms with E-state index in [1.54, 1.807) is 0 Å². The molecule has 1 aliphatic carbocycles. The van der Waals surface area contributed by atoms with Crippen LogP contribution in [0.3, 0.4) is 0 Å². The van der Waals surface area contributed by atoms with Gasteiger partial charge in [-0.05, 0) is 61.8 Å². The summed E-state index contributed by atoms with van der Waals surface area (Å²) in [5.74, 6) is 2.65. The highest BCUT2D eigenvalue weighted by Gasteiger charge is 2.21. The fourth-order valence-corrected chi connectivity index (χ4v) is 4.85. The number of aromatic nitrogens is 2. The second-order valence-corrected chi connectivity index (χ2v) is 9.78. The quantitative estimate of drug-likeness (QED) is 0.279. The zero-order valence-electron chi connectivity index (χ0n) is 20.5. The maximum absolute atomic E-state index is 6.13. The van der Waals surface area contributed by atoms with E-state index in [-0.39, 0.29) is 0 Å². The minimum absolute atomic E-state index is 0.720. The van der Waals surface area contributed by atoms with Gasteiger partial charge in [-0.2, -0.15) is 0 Å². The van der Waals surface area contributed by atoms with Crippen molar-refractivity contribution < 1.29 is 4.74 Å². The molecule has 1 heterocycles. The Morgan fingerprint density at radius 2 is 1.44 bits per heavy atom. The van der Waals surface area contributed by atoms with Crippen LogP contribution < -0.4 is 4.74 Å². The molecule has 1 fully saturated rings. The predicted octanol–water partition coefficient (Wildman–Crippen LogP) is 8.42. The van der Waals surface area contributed by atoms with Crippen LogP contribution in [0.25, 0.3) is 11.3 Å². The zero-order chi connectivity index (χ0) is 22.4. The van der Waals surface area contributed by atoms with Gasteiger partial charge in [0.2, 0.25) is 0 Å². The lowest BCUT2D eigenvalue weighted by Crippen LogP contribution is -2.20. The van der Waals surface area contributed by atoms with Gasteiger partial charge in [0.15, 0.2) is 0 Å². The third-order valence-electron chi connectivity index (χ3n) is 7.06. The lowest BCUT2D eigenvalue weighted by molar-refractivity contribution is 0.177. The molecule has 0 amide bonds. The Bertz CT molecular complexity index is 733. The monoisotopic (exact) mass is 436 g/mol. The molecular formula is C29H44N2O. The maximum atomic E-state index is 6.13. The van der Waals surface area contributed by atoms with Crippen LogP contribution in [0.15, 0.2) is 36.7 Å². The van der Waals surface area contributed by atoms with Crippen molar-refractivity contribution in [1.29, 1.82) is 0 Å². The van der Waals surface area contributed by atoms with Gasteiger partial charge >= 0.3 is 0 Å². The number of ether oxygens (including phenoxy) is 1. The van der Waals surface area contributed by atoms with Gasteiger partial charge in [0.05, 0.1) is 24.2 Å². The third-order valence-corrected chi connectivity index (χ3v) is 7.06. The van der Waals surface area contributed by atoms with Gasteiger partial charge in [-0.3, -0.25) is 9.97 Å². The van der Waals surface area contributed by atoms with Crippen molar-refractivity contribution in [2.75, 3.05) is 6.61 Å². The van der Waals surface area contributed by atoms with Gasteiger partial charge in [-0.25, -0.2) is 0 Å². The summed E-state index contributed by atoms with van der Waals surface area (Å²) in [4.78, 5) is 9.27. The van der Waals surface area contributed by atoms with E-state index in [9.17, 15) is 0 Å². The molecule has 1 aromatic heterocycles. The van der Waals surface area contributed by atoms with Crippen LogP contribution in [-0.4, -0.2) is 16.6 Å². The number of hydrogen-bond donors (Lipinski definition) is 0. The van der Waals surface area contributed by atoms with E-state index in [1.807, 2.05) is 12.4 Å². The number of aryl methyl sites for hydroxylation is 1. The van der Waals surface area contributed by atoms with Crippen molar-refractivity contribution in [3.05, 3.63) is 42.4 Å². The summed E-state index contributed by atoms with van der Waals surface area (Å²) in [7, 11) is 0. The van der Waals surface area contributed by atoms with Crippen molar-refractivity contribution in [2.45, 2.75) is 104 Å². The fraction of sp³-hybridized carbons (Fsp3) is 0.655. The van der Waals surface area contributed by atoms with Gasteiger partial charge in [-0.15, -0.1) is 0 Å². The van der Waals surface area contributed by atoms with Crippen molar-refractivity contribution in [1.82, 2.24) is 9.97 Å². The summed E-state index contributed by atoms with van der Waals surface area (Å²) in [6, 6.07) is 8.37. The van der Waals surface area contributed by atoms with Crippen LogP contribution >= 0.6 is 0 Å². The highest BCUT2D eigenvalue weighted by Crippen LogP contribution is 2.32. The van der Waals surface area contributed by atoms with E-state index in [4.69, 9.17) is 4.74 Å². The lowest BCUT2D eigenvalue weighted by atomic mass is 9.80. The van der Waals surface area contributed by atoms with Crippen molar-refractivity contribution in [3.8, 4) is 17.0 Å². The molecule has 0 bridgehead atoms. The van der Waals surface area contributed by atoms with Crippen LogP contribution in [-0.2, 0) is 6.42 Å². The first-order valence-corrected chi connectivity index (χ1v) is 13.3. The van der Waals surface area contributed by atoms with Gasteiger partial charge in [0.1, 0.15) is 5.75 Å². The summed E-state index contributed by atoms with van der Waals surface area (Å²) in [6.07, 6.45) is 22.4. The van der Waals surface area contributed by atoms with E-state index >= 15 is 0 Å². The van der Waals surface area contributed by atoms with E-state index in [1.165, 1.54) is 83.5 Å². The Kier molecular flexibility index (Phi) is 11.0. The third kappa shape index (κ3) is 8.56. The number of hydrogen-bond acceptors (Lipinski definition) is 3. The molecule has 32 heavy (non-hydrogen) atoms. The first-order chi connectivity index (χ1) is 15.8. The highest BCUT2D eigenvalue weighted by molar-refractivity contribution is 5.58. The van der Waals surface area contributed by atoms with Crippen LogP contribution in [0, 0.1) is 11.8 Å².